The maximum absolute atomic E-state index is 11.9. The predicted molar refractivity (Wildman–Crippen MR) is 87.1 cm³/mol. The third-order valence-corrected chi connectivity index (χ3v) is 4.30. The van der Waals surface area contributed by atoms with Gasteiger partial charge in [-0.3, -0.25) is 4.79 Å². The van der Waals surface area contributed by atoms with Crippen LogP contribution in [0.25, 0.3) is 16.5 Å². The van der Waals surface area contributed by atoms with Crippen molar-refractivity contribution in [1.82, 2.24) is 9.88 Å². The highest BCUT2D eigenvalue weighted by Gasteiger charge is 2.18. The number of carbonyl (C=O) groups excluding carboxylic acids is 1. The van der Waals surface area contributed by atoms with Gasteiger partial charge in [-0.2, -0.15) is 0 Å². The Balaban J connectivity index is 1.85. The summed E-state index contributed by atoms with van der Waals surface area (Å²) in [6.45, 7) is 5.76. The Labute approximate surface area is 125 Å². The summed E-state index contributed by atoms with van der Waals surface area (Å²) >= 11 is 0. The Kier molecular flexibility index (Phi) is 3.82. The number of H-pyrrole nitrogens is 1. The van der Waals surface area contributed by atoms with Crippen molar-refractivity contribution in [2.24, 2.45) is 0 Å². The van der Waals surface area contributed by atoms with Gasteiger partial charge in [0.15, 0.2) is 0 Å². The smallest absolute Gasteiger partial charge is 0.222 e. The number of hydrogen-bond acceptors (Lipinski definition) is 1. The van der Waals surface area contributed by atoms with Crippen LogP contribution in [0.5, 0.6) is 0 Å². The van der Waals surface area contributed by atoms with E-state index >= 15 is 0 Å². The summed E-state index contributed by atoms with van der Waals surface area (Å²) < 4.78 is 0. The van der Waals surface area contributed by atoms with Gasteiger partial charge in [0.05, 0.1) is 0 Å². The molecule has 2 aromatic rings. The SMILES string of the molecule is CCCC(=O)N1CC=C(c2c[nH]c3c(C)cccc23)CC1. The van der Waals surface area contributed by atoms with Gasteiger partial charge >= 0.3 is 0 Å². The molecule has 0 saturated carbocycles. The molecule has 0 bridgehead atoms. The van der Waals surface area contributed by atoms with Gasteiger partial charge in [-0.25, -0.2) is 0 Å². The minimum absolute atomic E-state index is 0.280. The quantitative estimate of drug-likeness (QED) is 0.911. The van der Waals surface area contributed by atoms with E-state index in [2.05, 4.69) is 49.3 Å². The molecule has 0 unspecified atom stereocenters. The fourth-order valence-electron chi connectivity index (χ4n) is 3.08. The Morgan fingerprint density at radius 3 is 2.95 bits per heavy atom. The lowest BCUT2D eigenvalue weighted by molar-refractivity contribution is -0.130. The topological polar surface area (TPSA) is 36.1 Å². The molecule has 3 heteroatoms. The third kappa shape index (κ3) is 2.60. The molecule has 0 aliphatic carbocycles. The van der Waals surface area contributed by atoms with Crippen molar-refractivity contribution in [3.8, 4) is 0 Å². The second-order valence-electron chi connectivity index (χ2n) is 5.77. The zero-order chi connectivity index (χ0) is 14.8. The predicted octanol–water partition coefficient (Wildman–Crippen LogP) is 3.89. The van der Waals surface area contributed by atoms with Gasteiger partial charge in [0.25, 0.3) is 0 Å². The number of nitrogens with zero attached hydrogens (tertiary/aromatic N) is 1. The molecule has 1 aliphatic rings. The van der Waals surface area contributed by atoms with E-state index in [0.717, 1.165) is 25.9 Å². The first-order valence-corrected chi connectivity index (χ1v) is 7.74. The third-order valence-electron chi connectivity index (χ3n) is 4.30. The normalized spacial score (nSPS) is 15.3. The lowest BCUT2D eigenvalue weighted by atomic mass is 9.98. The Bertz CT molecular complexity index is 696. The van der Waals surface area contributed by atoms with E-state index in [1.54, 1.807) is 0 Å². The van der Waals surface area contributed by atoms with Crippen LogP contribution in [0.1, 0.15) is 37.3 Å². The average molecular weight is 282 g/mol. The van der Waals surface area contributed by atoms with Gasteiger partial charge in [-0.05, 0) is 30.9 Å². The number of carbonyl (C=O) groups is 1. The number of para-hydroxylation sites is 1. The Hall–Kier alpha value is -2.03. The zero-order valence-electron chi connectivity index (χ0n) is 12.8. The molecule has 0 atom stereocenters. The van der Waals surface area contributed by atoms with Crippen LogP contribution in [0, 0.1) is 6.92 Å². The van der Waals surface area contributed by atoms with Crippen molar-refractivity contribution in [3.05, 3.63) is 41.6 Å². The lowest BCUT2D eigenvalue weighted by Crippen LogP contribution is -2.34. The van der Waals surface area contributed by atoms with Gasteiger partial charge in [0.2, 0.25) is 5.91 Å². The average Bonchev–Trinajstić information content (AvgIpc) is 2.93. The first kappa shape index (κ1) is 13.9. The largest absolute Gasteiger partial charge is 0.360 e. The molecule has 1 amide bonds. The van der Waals surface area contributed by atoms with Crippen molar-refractivity contribution in [2.45, 2.75) is 33.1 Å². The summed E-state index contributed by atoms with van der Waals surface area (Å²) in [4.78, 5) is 17.3. The molecule has 3 rings (SSSR count). The van der Waals surface area contributed by atoms with Crippen molar-refractivity contribution in [3.63, 3.8) is 0 Å². The second-order valence-corrected chi connectivity index (χ2v) is 5.77. The van der Waals surface area contributed by atoms with Crippen molar-refractivity contribution < 1.29 is 4.79 Å². The summed E-state index contributed by atoms with van der Waals surface area (Å²) in [7, 11) is 0. The second kappa shape index (κ2) is 5.76. The van der Waals surface area contributed by atoms with E-state index in [-0.39, 0.29) is 5.91 Å². The van der Waals surface area contributed by atoms with Crippen molar-refractivity contribution in [1.29, 1.82) is 0 Å². The van der Waals surface area contributed by atoms with Crippen molar-refractivity contribution in [2.75, 3.05) is 13.1 Å². The molecule has 21 heavy (non-hydrogen) atoms. The zero-order valence-corrected chi connectivity index (χ0v) is 12.8. The summed E-state index contributed by atoms with van der Waals surface area (Å²) in [5, 5.41) is 1.29. The minimum Gasteiger partial charge on any atom is -0.360 e. The van der Waals surface area contributed by atoms with Crippen LogP contribution < -0.4 is 0 Å². The van der Waals surface area contributed by atoms with E-state index in [9.17, 15) is 4.79 Å². The summed E-state index contributed by atoms with van der Waals surface area (Å²) in [6.07, 6.45) is 6.84. The molecule has 0 fully saturated rings. The number of aryl methyl sites for hydroxylation is 1. The number of nitrogens with one attached hydrogen (secondary N) is 1. The van der Waals surface area contributed by atoms with Crippen molar-refractivity contribution >= 4 is 22.4 Å². The van der Waals surface area contributed by atoms with E-state index in [0.29, 0.717) is 6.42 Å². The maximum atomic E-state index is 11.9. The van der Waals surface area contributed by atoms with Crippen LogP contribution >= 0.6 is 0 Å². The van der Waals surface area contributed by atoms with Crippen LogP contribution in [0.2, 0.25) is 0 Å². The highest BCUT2D eigenvalue weighted by molar-refractivity contribution is 5.94. The number of aromatic amines is 1. The fraction of sp³-hybridized carbons (Fsp3) is 0.389. The number of fused-ring (bicyclic) bond motifs is 1. The number of benzene rings is 1. The van der Waals surface area contributed by atoms with E-state index in [1.807, 2.05) is 4.90 Å². The van der Waals surface area contributed by atoms with E-state index < -0.39 is 0 Å². The number of aromatic nitrogens is 1. The number of amides is 1. The molecular weight excluding hydrogens is 260 g/mol. The first-order chi connectivity index (χ1) is 10.2. The molecule has 110 valence electrons. The molecule has 0 spiro atoms. The molecule has 1 N–H and O–H groups in total. The van der Waals surface area contributed by atoms with E-state index in [1.165, 1.54) is 27.6 Å². The van der Waals surface area contributed by atoms with Gasteiger partial charge in [-0.15, -0.1) is 0 Å². The maximum Gasteiger partial charge on any atom is 0.222 e. The molecular formula is C18H22N2O. The summed E-state index contributed by atoms with van der Waals surface area (Å²) in [5.74, 6) is 0.280. The van der Waals surface area contributed by atoms with Crippen LogP contribution in [0.3, 0.4) is 0 Å². The molecule has 1 aromatic heterocycles. The fourth-order valence-corrected chi connectivity index (χ4v) is 3.08. The van der Waals surface area contributed by atoms with Crippen LogP contribution in [-0.4, -0.2) is 28.9 Å². The highest BCUT2D eigenvalue weighted by Crippen LogP contribution is 2.30. The lowest BCUT2D eigenvalue weighted by Gasteiger charge is -2.26. The van der Waals surface area contributed by atoms with Gasteiger partial charge in [0.1, 0.15) is 0 Å². The summed E-state index contributed by atoms with van der Waals surface area (Å²) in [5.41, 5.74) is 5.14. The monoisotopic (exact) mass is 282 g/mol. The Morgan fingerprint density at radius 2 is 2.24 bits per heavy atom. The molecule has 3 nitrogen and oxygen atoms in total. The number of rotatable bonds is 3. The van der Waals surface area contributed by atoms with Gasteiger partial charge < -0.3 is 9.88 Å². The first-order valence-electron chi connectivity index (χ1n) is 7.74. The van der Waals surface area contributed by atoms with Crippen LogP contribution in [0.4, 0.5) is 0 Å². The Morgan fingerprint density at radius 1 is 1.38 bits per heavy atom. The number of hydrogen-bond donors (Lipinski definition) is 1. The molecule has 0 radical (unpaired) electrons. The molecule has 1 aromatic carbocycles. The standard InChI is InChI=1S/C18H22N2O/c1-3-5-17(21)20-10-8-14(9-11-20)16-12-19-18-13(2)6-4-7-15(16)18/h4,6-8,12,19H,3,5,9-11H2,1-2H3. The van der Waals surface area contributed by atoms with Gasteiger partial charge in [0, 0.05) is 42.2 Å². The summed E-state index contributed by atoms with van der Waals surface area (Å²) in [6, 6.07) is 6.40. The van der Waals surface area contributed by atoms with Crippen LogP contribution in [0.15, 0.2) is 30.5 Å². The minimum atomic E-state index is 0.280. The van der Waals surface area contributed by atoms with Gasteiger partial charge in [-0.1, -0.05) is 31.2 Å². The van der Waals surface area contributed by atoms with E-state index in [4.69, 9.17) is 0 Å². The molecule has 2 heterocycles. The van der Waals surface area contributed by atoms with Crippen LogP contribution in [-0.2, 0) is 4.79 Å². The highest BCUT2D eigenvalue weighted by atomic mass is 16.2. The molecule has 0 saturated heterocycles. The molecule has 1 aliphatic heterocycles.